The Hall–Kier alpha value is -3.12. The summed E-state index contributed by atoms with van der Waals surface area (Å²) in [4.78, 5) is 4.59. The molecule has 0 spiro atoms. The third-order valence-electron chi connectivity index (χ3n) is 3.63. The number of rotatable bonds is 3. The van der Waals surface area contributed by atoms with Gasteiger partial charge in [0.05, 0.1) is 30.0 Å². The van der Waals surface area contributed by atoms with Gasteiger partial charge >= 0.3 is 0 Å². The Labute approximate surface area is 135 Å². The third kappa shape index (κ3) is 3.22. The van der Waals surface area contributed by atoms with Crippen molar-refractivity contribution in [2.75, 3.05) is 7.11 Å². The second-order valence-corrected chi connectivity index (χ2v) is 5.34. The highest BCUT2D eigenvalue weighted by Gasteiger charge is 2.06. The van der Waals surface area contributed by atoms with Gasteiger partial charge in [0, 0.05) is 5.39 Å². The van der Waals surface area contributed by atoms with Crippen molar-refractivity contribution in [1.82, 2.24) is 4.98 Å². The van der Waals surface area contributed by atoms with Crippen molar-refractivity contribution >= 4 is 22.6 Å². The monoisotopic (exact) mass is 300 g/mol. The molecule has 0 unspecified atom stereocenters. The lowest BCUT2D eigenvalue weighted by atomic mass is 10.0. The molecule has 112 valence electrons. The van der Waals surface area contributed by atoms with E-state index in [4.69, 9.17) is 4.74 Å². The van der Waals surface area contributed by atoms with Crippen LogP contribution in [0.1, 0.15) is 16.8 Å². The SMILES string of the molecule is COc1cc(C)cc(/C(C#N)=C/c2ccc3ccccc3n2)c1. The third-order valence-corrected chi connectivity index (χ3v) is 3.63. The van der Waals surface area contributed by atoms with Crippen molar-refractivity contribution in [3.8, 4) is 11.8 Å². The van der Waals surface area contributed by atoms with Crippen molar-refractivity contribution in [3.63, 3.8) is 0 Å². The molecule has 2 aromatic carbocycles. The first-order valence-electron chi connectivity index (χ1n) is 7.33. The summed E-state index contributed by atoms with van der Waals surface area (Å²) in [6.45, 7) is 1.98. The van der Waals surface area contributed by atoms with Gasteiger partial charge in [-0.05, 0) is 48.4 Å². The van der Waals surface area contributed by atoms with Gasteiger partial charge in [-0.25, -0.2) is 4.98 Å². The standard InChI is InChI=1S/C20H16N2O/c1-14-9-16(12-19(10-14)23-2)17(13-21)11-18-8-7-15-5-3-4-6-20(15)22-18/h3-12H,1-2H3/b17-11+. The van der Waals surface area contributed by atoms with Gasteiger partial charge in [0.2, 0.25) is 0 Å². The highest BCUT2D eigenvalue weighted by molar-refractivity contribution is 5.90. The van der Waals surface area contributed by atoms with Gasteiger partial charge < -0.3 is 4.74 Å². The van der Waals surface area contributed by atoms with E-state index < -0.39 is 0 Å². The van der Waals surface area contributed by atoms with E-state index in [0.717, 1.165) is 33.5 Å². The molecule has 0 aliphatic rings. The molecule has 1 aromatic heterocycles. The molecule has 1 heterocycles. The molecule has 0 saturated heterocycles. The normalized spacial score (nSPS) is 11.3. The van der Waals surface area contributed by atoms with E-state index in [2.05, 4.69) is 11.1 Å². The smallest absolute Gasteiger partial charge is 0.119 e. The Morgan fingerprint density at radius 2 is 1.96 bits per heavy atom. The van der Waals surface area contributed by atoms with Crippen LogP contribution in [0.5, 0.6) is 5.75 Å². The number of hydrogen-bond acceptors (Lipinski definition) is 3. The number of nitriles is 1. The maximum Gasteiger partial charge on any atom is 0.119 e. The zero-order valence-corrected chi connectivity index (χ0v) is 13.1. The summed E-state index contributed by atoms with van der Waals surface area (Å²) < 4.78 is 5.29. The van der Waals surface area contributed by atoms with Crippen LogP contribution in [0.3, 0.4) is 0 Å². The minimum absolute atomic E-state index is 0.565. The highest BCUT2D eigenvalue weighted by Crippen LogP contribution is 2.24. The largest absolute Gasteiger partial charge is 0.497 e. The molecule has 3 aromatic rings. The Morgan fingerprint density at radius 3 is 2.74 bits per heavy atom. The number of fused-ring (bicyclic) bond motifs is 1. The molecule has 3 heteroatoms. The fourth-order valence-corrected chi connectivity index (χ4v) is 2.51. The van der Waals surface area contributed by atoms with E-state index in [0.29, 0.717) is 5.57 Å². The van der Waals surface area contributed by atoms with E-state index in [1.54, 1.807) is 13.2 Å². The van der Waals surface area contributed by atoms with Crippen LogP contribution in [-0.2, 0) is 0 Å². The van der Waals surface area contributed by atoms with Crippen molar-refractivity contribution < 1.29 is 4.74 Å². The Kier molecular flexibility index (Phi) is 4.07. The molecule has 0 amide bonds. The first kappa shape index (κ1) is 14.8. The quantitative estimate of drug-likeness (QED) is 0.663. The number of aryl methyl sites for hydroxylation is 1. The number of benzene rings is 2. The molecule has 0 saturated carbocycles. The molecule has 0 fully saturated rings. The fraction of sp³-hybridized carbons (Fsp3) is 0.100. The molecular formula is C20H16N2O. The number of ether oxygens (including phenoxy) is 1. The van der Waals surface area contributed by atoms with Crippen LogP contribution in [0, 0.1) is 18.3 Å². The summed E-state index contributed by atoms with van der Waals surface area (Å²) in [5.74, 6) is 0.743. The van der Waals surface area contributed by atoms with Gasteiger partial charge in [-0.1, -0.05) is 30.3 Å². The summed E-state index contributed by atoms with van der Waals surface area (Å²) >= 11 is 0. The number of aromatic nitrogens is 1. The lowest BCUT2D eigenvalue weighted by Gasteiger charge is -2.06. The maximum absolute atomic E-state index is 9.52. The average molecular weight is 300 g/mol. The Balaban J connectivity index is 2.07. The van der Waals surface area contributed by atoms with E-state index in [1.165, 1.54) is 0 Å². The molecule has 0 aliphatic heterocycles. The summed E-state index contributed by atoms with van der Waals surface area (Å²) in [5.41, 5.74) is 4.13. The van der Waals surface area contributed by atoms with Crippen LogP contribution < -0.4 is 4.74 Å². The first-order valence-corrected chi connectivity index (χ1v) is 7.33. The van der Waals surface area contributed by atoms with Crippen LogP contribution in [0.2, 0.25) is 0 Å². The molecule has 3 nitrogen and oxygen atoms in total. The number of hydrogen-bond donors (Lipinski definition) is 0. The van der Waals surface area contributed by atoms with Crippen molar-refractivity contribution in [1.29, 1.82) is 5.26 Å². The molecule has 23 heavy (non-hydrogen) atoms. The van der Waals surface area contributed by atoms with E-state index in [-0.39, 0.29) is 0 Å². The molecular weight excluding hydrogens is 284 g/mol. The van der Waals surface area contributed by atoms with E-state index in [1.807, 2.05) is 61.5 Å². The van der Waals surface area contributed by atoms with Gasteiger partial charge in [-0.15, -0.1) is 0 Å². The van der Waals surface area contributed by atoms with Crippen molar-refractivity contribution in [2.24, 2.45) is 0 Å². The predicted octanol–water partition coefficient (Wildman–Crippen LogP) is 4.62. The Bertz CT molecular complexity index is 936. The average Bonchev–Trinajstić information content (AvgIpc) is 2.58. The highest BCUT2D eigenvalue weighted by atomic mass is 16.5. The van der Waals surface area contributed by atoms with Crippen molar-refractivity contribution in [2.45, 2.75) is 6.92 Å². The van der Waals surface area contributed by atoms with Gasteiger partial charge in [0.15, 0.2) is 0 Å². The van der Waals surface area contributed by atoms with Crippen LogP contribution in [-0.4, -0.2) is 12.1 Å². The summed E-state index contributed by atoms with van der Waals surface area (Å²) in [5, 5.41) is 10.6. The van der Waals surface area contributed by atoms with Crippen molar-refractivity contribution in [3.05, 3.63) is 71.4 Å². The lowest BCUT2D eigenvalue weighted by Crippen LogP contribution is -1.90. The van der Waals surface area contributed by atoms with Crippen LogP contribution in [0.15, 0.2) is 54.6 Å². The minimum atomic E-state index is 0.565. The number of nitrogens with zero attached hydrogens (tertiary/aromatic N) is 2. The van der Waals surface area contributed by atoms with Gasteiger partial charge in [0.25, 0.3) is 0 Å². The summed E-state index contributed by atoms with van der Waals surface area (Å²) in [6.07, 6.45) is 1.81. The number of allylic oxidation sites excluding steroid dienone is 1. The number of para-hydroxylation sites is 1. The van der Waals surface area contributed by atoms with Crippen LogP contribution in [0.25, 0.3) is 22.6 Å². The van der Waals surface area contributed by atoms with Gasteiger partial charge in [-0.3, -0.25) is 0 Å². The van der Waals surface area contributed by atoms with Gasteiger partial charge in [-0.2, -0.15) is 5.26 Å². The Morgan fingerprint density at radius 1 is 1.13 bits per heavy atom. The molecule has 0 bridgehead atoms. The molecule has 0 radical (unpaired) electrons. The zero-order valence-electron chi connectivity index (χ0n) is 13.1. The van der Waals surface area contributed by atoms with Crippen LogP contribution in [0.4, 0.5) is 0 Å². The summed E-state index contributed by atoms with van der Waals surface area (Å²) in [7, 11) is 1.62. The van der Waals surface area contributed by atoms with E-state index in [9.17, 15) is 5.26 Å². The second-order valence-electron chi connectivity index (χ2n) is 5.34. The molecule has 0 aliphatic carbocycles. The first-order chi connectivity index (χ1) is 11.2. The predicted molar refractivity (Wildman–Crippen MR) is 93.0 cm³/mol. The number of pyridine rings is 1. The minimum Gasteiger partial charge on any atom is -0.497 e. The number of methoxy groups -OCH3 is 1. The maximum atomic E-state index is 9.52. The fourth-order valence-electron chi connectivity index (χ4n) is 2.51. The second kappa shape index (κ2) is 6.33. The molecule has 0 N–H and O–H groups in total. The van der Waals surface area contributed by atoms with E-state index >= 15 is 0 Å². The van der Waals surface area contributed by atoms with Gasteiger partial charge in [0.1, 0.15) is 5.75 Å². The lowest BCUT2D eigenvalue weighted by molar-refractivity contribution is 0.414. The molecule has 3 rings (SSSR count). The molecule has 0 atom stereocenters. The topological polar surface area (TPSA) is 45.9 Å². The summed E-state index contributed by atoms with van der Waals surface area (Å²) in [6, 6.07) is 19.9. The van der Waals surface area contributed by atoms with Crippen LogP contribution >= 0.6 is 0 Å². The zero-order chi connectivity index (χ0) is 16.2.